The molecule has 1 heterocycles. The van der Waals surface area contributed by atoms with Crippen molar-refractivity contribution in [3.63, 3.8) is 0 Å². The van der Waals surface area contributed by atoms with Crippen molar-refractivity contribution in [2.45, 2.75) is 12.1 Å². The number of hydrogen-bond donors (Lipinski definition) is 1. The average Bonchev–Trinajstić information content (AvgIpc) is 2.86. The highest BCUT2D eigenvalue weighted by Crippen LogP contribution is 2.22. The van der Waals surface area contributed by atoms with E-state index in [1.807, 2.05) is 37.3 Å². The van der Waals surface area contributed by atoms with Crippen LogP contribution >= 0.6 is 27.7 Å². The zero-order chi connectivity index (χ0) is 24.1. The Morgan fingerprint density at radius 2 is 1.88 bits per heavy atom. The highest BCUT2D eigenvalue weighted by atomic mass is 79.9. The number of para-hydroxylation sites is 1. The summed E-state index contributed by atoms with van der Waals surface area (Å²) in [5.74, 6) is 0.414. The van der Waals surface area contributed by atoms with E-state index in [0.29, 0.717) is 33.2 Å². The number of carbonyl (C=O) groups excluding carboxylic acids is 1. The maximum atomic E-state index is 13.3. The van der Waals surface area contributed by atoms with E-state index < -0.39 is 0 Å². The number of carbonyl (C=O) groups is 1. The van der Waals surface area contributed by atoms with E-state index in [1.54, 1.807) is 49.6 Å². The summed E-state index contributed by atoms with van der Waals surface area (Å²) in [6, 6.07) is 21.9. The maximum Gasteiger partial charge on any atom is 0.266 e. The number of fused-ring (bicyclic) bond motifs is 1. The van der Waals surface area contributed by atoms with Crippen LogP contribution in [0.25, 0.3) is 16.6 Å². The van der Waals surface area contributed by atoms with Gasteiger partial charge in [-0.3, -0.25) is 14.2 Å². The summed E-state index contributed by atoms with van der Waals surface area (Å²) in [5, 5.41) is 5.11. The topological polar surface area (TPSA) is 85.6 Å². The third-order valence-electron chi connectivity index (χ3n) is 5.00. The predicted octanol–water partition coefficient (Wildman–Crippen LogP) is 4.79. The Balaban J connectivity index is 1.59. The zero-order valence-electron chi connectivity index (χ0n) is 18.5. The number of hydrogen-bond acceptors (Lipinski definition) is 6. The molecule has 7 nitrogen and oxygen atoms in total. The van der Waals surface area contributed by atoms with Gasteiger partial charge in [0.15, 0.2) is 5.16 Å². The molecule has 0 aliphatic rings. The van der Waals surface area contributed by atoms with Crippen molar-refractivity contribution in [1.82, 2.24) is 15.0 Å². The Hall–Kier alpha value is -3.43. The first kappa shape index (κ1) is 23.7. The van der Waals surface area contributed by atoms with Crippen LogP contribution in [0.5, 0.6) is 5.75 Å². The fourth-order valence-corrected chi connectivity index (χ4v) is 4.46. The number of halogens is 1. The summed E-state index contributed by atoms with van der Waals surface area (Å²) >= 11 is 4.60. The normalized spacial score (nSPS) is 11.4. The molecule has 0 fully saturated rings. The van der Waals surface area contributed by atoms with Crippen LogP contribution in [0.15, 0.2) is 92.3 Å². The van der Waals surface area contributed by atoms with Gasteiger partial charge in [0.05, 0.1) is 35.2 Å². The first-order chi connectivity index (χ1) is 16.5. The molecule has 0 spiro atoms. The summed E-state index contributed by atoms with van der Waals surface area (Å²) in [4.78, 5) is 30.5. The van der Waals surface area contributed by atoms with Crippen LogP contribution < -0.4 is 15.7 Å². The predicted molar refractivity (Wildman–Crippen MR) is 139 cm³/mol. The maximum absolute atomic E-state index is 13.3. The highest BCUT2D eigenvalue weighted by molar-refractivity contribution is 9.10. The SMILES string of the molecule is COc1ccc(-n2c(SCC(=O)NN=C(C)c3cccc(Br)c3)nc3ccccc3c2=O)cc1. The Morgan fingerprint density at radius 3 is 2.62 bits per heavy atom. The van der Waals surface area contributed by atoms with Crippen LogP contribution in [0.4, 0.5) is 0 Å². The molecule has 4 rings (SSSR count). The van der Waals surface area contributed by atoms with E-state index in [4.69, 9.17) is 4.74 Å². The molecule has 1 N–H and O–H groups in total. The minimum Gasteiger partial charge on any atom is -0.497 e. The van der Waals surface area contributed by atoms with Crippen LogP contribution in [0.1, 0.15) is 12.5 Å². The lowest BCUT2D eigenvalue weighted by Gasteiger charge is -2.13. The van der Waals surface area contributed by atoms with Crippen molar-refractivity contribution in [1.29, 1.82) is 0 Å². The van der Waals surface area contributed by atoms with Crippen molar-refractivity contribution in [3.05, 3.63) is 93.2 Å². The number of nitrogens with one attached hydrogen (secondary N) is 1. The lowest BCUT2D eigenvalue weighted by atomic mass is 10.1. The first-order valence-corrected chi connectivity index (χ1v) is 12.1. The quantitative estimate of drug-likeness (QED) is 0.159. The summed E-state index contributed by atoms with van der Waals surface area (Å²) in [7, 11) is 1.58. The second kappa shape index (κ2) is 10.7. The minimum atomic E-state index is -0.303. The molecular weight excluding hydrogens is 516 g/mol. The fourth-order valence-electron chi connectivity index (χ4n) is 3.25. The van der Waals surface area contributed by atoms with Crippen LogP contribution in [-0.4, -0.2) is 34.0 Å². The molecule has 172 valence electrons. The molecular formula is C25H21BrN4O3S. The fraction of sp³-hybridized carbons (Fsp3) is 0.120. The molecule has 0 saturated carbocycles. The van der Waals surface area contributed by atoms with Crippen LogP contribution in [0, 0.1) is 0 Å². The summed E-state index contributed by atoms with van der Waals surface area (Å²) in [6.45, 7) is 1.82. The molecule has 1 aromatic heterocycles. The second-order valence-electron chi connectivity index (χ2n) is 7.28. The molecule has 0 saturated heterocycles. The molecule has 0 radical (unpaired) electrons. The number of nitrogens with zero attached hydrogens (tertiary/aromatic N) is 3. The van der Waals surface area contributed by atoms with E-state index in [2.05, 4.69) is 31.4 Å². The molecule has 34 heavy (non-hydrogen) atoms. The van der Waals surface area contributed by atoms with Crippen LogP contribution in [-0.2, 0) is 4.79 Å². The van der Waals surface area contributed by atoms with Crippen LogP contribution in [0.2, 0.25) is 0 Å². The molecule has 0 atom stereocenters. The Morgan fingerprint density at radius 1 is 1.12 bits per heavy atom. The number of hydrazone groups is 1. The number of methoxy groups -OCH3 is 1. The van der Waals surface area contributed by atoms with Crippen LogP contribution in [0.3, 0.4) is 0 Å². The van der Waals surface area contributed by atoms with Gasteiger partial charge < -0.3 is 4.74 Å². The van der Waals surface area contributed by atoms with Gasteiger partial charge in [0.1, 0.15) is 5.75 Å². The van der Waals surface area contributed by atoms with Gasteiger partial charge in [-0.2, -0.15) is 5.10 Å². The molecule has 1 amide bonds. The van der Waals surface area contributed by atoms with Gasteiger partial charge in [0.25, 0.3) is 11.5 Å². The number of benzene rings is 3. The molecule has 9 heteroatoms. The van der Waals surface area contributed by atoms with Gasteiger partial charge in [0.2, 0.25) is 0 Å². The van der Waals surface area contributed by atoms with E-state index in [-0.39, 0.29) is 17.2 Å². The number of amides is 1. The highest BCUT2D eigenvalue weighted by Gasteiger charge is 2.15. The minimum absolute atomic E-state index is 0.0379. The third-order valence-corrected chi connectivity index (χ3v) is 6.43. The van der Waals surface area contributed by atoms with Crippen molar-refractivity contribution < 1.29 is 9.53 Å². The number of thioether (sulfide) groups is 1. The lowest BCUT2D eigenvalue weighted by Crippen LogP contribution is -2.24. The van der Waals surface area contributed by atoms with E-state index in [9.17, 15) is 9.59 Å². The van der Waals surface area contributed by atoms with Crippen molar-refractivity contribution in [3.8, 4) is 11.4 Å². The molecule has 3 aromatic carbocycles. The Kier molecular flexibility index (Phi) is 7.44. The lowest BCUT2D eigenvalue weighted by molar-refractivity contribution is -0.118. The zero-order valence-corrected chi connectivity index (χ0v) is 20.9. The van der Waals surface area contributed by atoms with E-state index in [1.165, 1.54) is 16.3 Å². The van der Waals surface area contributed by atoms with Gasteiger partial charge in [-0.1, -0.05) is 52.0 Å². The van der Waals surface area contributed by atoms with E-state index >= 15 is 0 Å². The number of ether oxygens (including phenoxy) is 1. The van der Waals surface area contributed by atoms with Crippen molar-refractivity contribution in [2.24, 2.45) is 5.10 Å². The van der Waals surface area contributed by atoms with Crippen molar-refractivity contribution in [2.75, 3.05) is 12.9 Å². The summed E-state index contributed by atoms with van der Waals surface area (Å²) < 4.78 is 7.66. The summed E-state index contributed by atoms with van der Waals surface area (Å²) in [6.07, 6.45) is 0. The van der Waals surface area contributed by atoms with Gasteiger partial charge >= 0.3 is 0 Å². The number of aromatic nitrogens is 2. The monoisotopic (exact) mass is 536 g/mol. The Bertz CT molecular complexity index is 1430. The molecule has 0 bridgehead atoms. The third kappa shape index (κ3) is 5.37. The molecule has 0 aliphatic carbocycles. The molecule has 0 unspecified atom stereocenters. The van der Waals surface area contributed by atoms with Gasteiger partial charge in [-0.25, -0.2) is 10.4 Å². The standard InChI is InChI=1S/C25H21BrN4O3S/c1-16(17-6-5-7-18(26)14-17)28-29-23(31)15-34-25-27-22-9-4-3-8-21(22)24(32)30(25)19-10-12-20(33-2)13-11-19/h3-14H,15H2,1-2H3,(H,29,31). The second-order valence-corrected chi connectivity index (χ2v) is 9.14. The molecule has 4 aromatic rings. The summed E-state index contributed by atoms with van der Waals surface area (Å²) in [5.41, 5.74) is 5.15. The van der Waals surface area contributed by atoms with Gasteiger partial charge in [-0.15, -0.1) is 0 Å². The Labute approximate surface area is 209 Å². The average molecular weight is 537 g/mol. The smallest absolute Gasteiger partial charge is 0.266 e. The first-order valence-electron chi connectivity index (χ1n) is 10.3. The number of rotatable bonds is 7. The van der Waals surface area contributed by atoms with E-state index in [0.717, 1.165) is 10.0 Å². The molecule has 0 aliphatic heterocycles. The largest absolute Gasteiger partial charge is 0.497 e. The van der Waals surface area contributed by atoms with Gasteiger partial charge in [-0.05, 0) is 61.0 Å². The van der Waals surface area contributed by atoms with Crippen molar-refractivity contribution >= 4 is 50.2 Å². The van der Waals surface area contributed by atoms with Gasteiger partial charge in [0, 0.05) is 4.47 Å².